The Labute approximate surface area is 193 Å². The van der Waals surface area contributed by atoms with Crippen LogP contribution in [0.25, 0.3) is 11.1 Å². The van der Waals surface area contributed by atoms with E-state index in [-0.39, 0.29) is 12.3 Å². The fourth-order valence-corrected chi connectivity index (χ4v) is 4.27. The lowest BCUT2D eigenvalue weighted by Gasteiger charge is -2.12. The number of ether oxygens (including phenoxy) is 3. The summed E-state index contributed by atoms with van der Waals surface area (Å²) in [6.07, 6.45) is 2.65. The van der Waals surface area contributed by atoms with Gasteiger partial charge in [0.15, 0.2) is 0 Å². The van der Waals surface area contributed by atoms with Crippen LogP contribution in [0, 0.1) is 12.8 Å². The van der Waals surface area contributed by atoms with Crippen molar-refractivity contribution in [3.63, 3.8) is 0 Å². The predicted octanol–water partition coefficient (Wildman–Crippen LogP) is 5.98. The molecule has 2 aliphatic rings. The fraction of sp³-hybridized carbons (Fsp3) is 0.321. The maximum absolute atomic E-state index is 11.0. The Balaban J connectivity index is 1.24. The fourth-order valence-electron chi connectivity index (χ4n) is 4.27. The highest BCUT2D eigenvalue weighted by Gasteiger charge is 2.26. The summed E-state index contributed by atoms with van der Waals surface area (Å²) in [5.41, 5.74) is 5.54. The van der Waals surface area contributed by atoms with Gasteiger partial charge in [-0.25, -0.2) is 0 Å². The molecule has 0 amide bonds. The van der Waals surface area contributed by atoms with Crippen molar-refractivity contribution in [2.24, 2.45) is 5.92 Å². The van der Waals surface area contributed by atoms with Gasteiger partial charge in [-0.1, -0.05) is 30.3 Å². The van der Waals surface area contributed by atoms with Crippen LogP contribution in [0.3, 0.4) is 0 Å². The molecule has 1 atom stereocenters. The van der Waals surface area contributed by atoms with Crippen LogP contribution in [0.5, 0.6) is 17.2 Å². The van der Waals surface area contributed by atoms with E-state index in [0.717, 1.165) is 35.0 Å². The Morgan fingerprint density at radius 2 is 1.85 bits per heavy atom. The molecule has 0 aromatic heterocycles. The molecule has 1 aliphatic carbocycles. The highest BCUT2D eigenvalue weighted by molar-refractivity contribution is 5.69. The van der Waals surface area contributed by atoms with Crippen LogP contribution >= 0.6 is 0 Å². The zero-order valence-electron chi connectivity index (χ0n) is 18.8. The van der Waals surface area contributed by atoms with Crippen LogP contribution in [0.1, 0.15) is 41.9 Å². The summed E-state index contributed by atoms with van der Waals surface area (Å²) < 4.78 is 17.6. The third kappa shape index (κ3) is 5.14. The Morgan fingerprint density at radius 3 is 2.64 bits per heavy atom. The Morgan fingerprint density at radius 1 is 1.03 bits per heavy atom. The Kier molecular flexibility index (Phi) is 5.95. The van der Waals surface area contributed by atoms with E-state index in [1.54, 1.807) is 0 Å². The van der Waals surface area contributed by atoms with Gasteiger partial charge in [0.05, 0.1) is 19.6 Å². The smallest absolute Gasteiger partial charge is 0.304 e. The number of fused-ring (bicyclic) bond motifs is 1. The van der Waals surface area contributed by atoms with Crippen molar-refractivity contribution >= 4 is 5.97 Å². The molecule has 1 heterocycles. The summed E-state index contributed by atoms with van der Waals surface area (Å²) >= 11 is 0. The van der Waals surface area contributed by atoms with Gasteiger partial charge in [-0.2, -0.15) is 0 Å². The van der Waals surface area contributed by atoms with Crippen molar-refractivity contribution in [3.05, 3.63) is 77.4 Å². The summed E-state index contributed by atoms with van der Waals surface area (Å²) in [5, 5.41) is 9.06. The molecule has 170 valence electrons. The average Bonchev–Trinajstić information content (AvgIpc) is 3.56. The van der Waals surface area contributed by atoms with E-state index in [0.29, 0.717) is 24.7 Å². The molecular formula is C28H28O5. The first kappa shape index (κ1) is 21.4. The Hall–Kier alpha value is -3.47. The average molecular weight is 445 g/mol. The third-order valence-corrected chi connectivity index (χ3v) is 6.31. The number of carbonyl (C=O) groups is 1. The second kappa shape index (κ2) is 9.18. The quantitative estimate of drug-likeness (QED) is 0.440. The lowest BCUT2D eigenvalue weighted by molar-refractivity contribution is -0.137. The molecule has 3 aromatic rings. The molecule has 3 aromatic carbocycles. The molecule has 5 rings (SSSR count). The van der Waals surface area contributed by atoms with Gasteiger partial charge in [0.2, 0.25) is 0 Å². The molecule has 1 fully saturated rings. The molecule has 33 heavy (non-hydrogen) atoms. The van der Waals surface area contributed by atoms with Crippen molar-refractivity contribution in [1.82, 2.24) is 0 Å². The zero-order chi connectivity index (χ0) is 22.8. The second-order valence-corrected chi connectivity index (χ2v) is 9.03. The van der Waals surface area contributed by atoms with E-state index >= 15 is 0 Å². The third-order valence-electron chi connectivity index (χ3n) is 6.31. The maximum Gasteiger partial charge on any atom is 0.304 e. The standard InChI is InChI=1S/C28H28O5/c1-18-11-23(31-15-19-5-6-19)7-9-25(18)21-4-2-3-20(12-21)16-32-24-8-10-26-22(13-28(29)30)17-33-27(26)14-24/h2-4,7-12,14,19,22H,5-6,13,15-17H2,1H3,(H,29,30). The number of hydrogen-bond donors (Lipinski definition) is 1. The van der Waals surface area contributed by atoms with Crippen LogP contribution in [0.4, 0.5) is 0 Å². The lowest BCUT2D eigenvalue weighted by atomic mass is 9.98. The van der Waals surface area contributed by atoms with Crippen molar-refractivity contribution in [3.8, 4) is 28.4 Å². The predicted molar refractivity (Wildman–Crippen MR) is 126 cm³/mol. The van der Waals surface area contributed by atoms with Gasteiger partial charge in [0.25, 0.3) is 0 Å². The van der Waals surface area contributed by atoms with Crippen molar-refractivity contribution in [2.75, 3.05) is 13.2 Å². The number of hydrogen-bond acceptors (Lipinski definition) is 4. The van der Waals surface area contributed by atoms with Gasteiger partial charge < -0.3 is 19.3 Å². The minimum atomic E-state index is -0.813. The first-order valence-electron chi connectivity index (χ1n) is 11.5. The van der Waals surface area contributed by atoms with Gasteiger partial charge in [0.1, 0.15) is 23.9 Å². The van der Waals surface area contributed by atoms with E-state index < -0.39 is 5.97 Å². The Bertz CT molecular complexity index is 1160. The van der Waals surface area contributed by atoms with Crippen LogP contribution in [-0.4, -0.2) is 24.3 Å². The molecule has 0 radical (unpaired) electrons. The molecule has 5 heteroatoms. The minimum absolute atomic E-state index is 0.0764. The van der Waals surface area contributed by atoms with Gasteiger partial charge in [-0.3, -0.25) is 4.79 Å². The van der Waals surface area contributed by atoms with Crippen LogP contribution in [-0.2, 0) is 11.4 Å². The number of benzene rings is 3. The number of carboxylic acids is 1. The van der Waals surface area contributed by atoms with Crippen LogP contribution < -0.4 is 14.2 Å². The molecular weight excluding hydrogens is 416 g/mol. The first-order chi connectivity index (χ1) is 16.0. The maximum atomic E-state index is 11.0. The summed E-state index contributed by atoms with van der Waals surface area (Å²) in [6, 6.07) is 20.3. The van der Waals surface area contributed by atoms with Crippen molar-refractivity contribution < 1.29 is 24.1 Å². The molecule has 0 bridgehead atoms. The largest absolute Gasteiger partial charge is 0.493 e. The molecule has 1 unspecified atom stereocenters. The first-order valence-corrected chi connectivity index (χ1v) is 11.5. The van der Waals surface area contributed by atoms with Gasteiger partial charge in [-0.05, 0) is 72.2 Å². The number of rotatable bonds is 9. The number of aryl methyl sites for hydroxylation is 1. The molecule has 0 saturated heterocycles. The molecule has 1 saturated carbocycles. The van der Waals surface area contributed by atoms with E-state index in [2.05, 4.69) is 43.3 Å². The highest BCUT2D eigenvalue weighted by Crippen LogP contribution is 2.38. The second-order valence-electron chi connectivity index (χ2n) is 9.03. The molecule has 0 spiro atoms. The normalized spacial score (nSPS) is 16.7. The van der Waals surface area contributed by atoms with Crippen molar-refractivity contribution in [2.45, 2.75) is 38.7 Å². The molecule has 5 nitrogen and oxygen atoms in total. The van der Waals surface area contributed by atoms with Gasteiger partial charge in [0, 0.05) is 17.5 Å². The van der Waals surface area contributed by atoms with Crippen molar-refractivity contribution in [1.29, 1.82) is 0 Å². The number of carboxylic acid groups (broad SMARTS) is 1. The minimum Gasteiger partial charge on any atom is -0.493 e. The van der Waals surface area contributed by atoms with Crippen LogP contribution in [0.15, 0.2) is 60.7 Å². The SMILES string of the molecule is Cc1cc(OCC2CC2)ccc1-c1cccc(COc2ccc3c(c2)OCC3CC(=O)O)c1. The molecule has 1 aliphatic heterocycles. The summed E-state index contributed by atoms with van der Waals surface area (Å²) in [6.45, 7) is 3.77. The summed E-state index contributed by atoms with van der Waals surface area (Å²) in [4.78, 5) is 11.0. The van der Waals surface area contributed by atoms with Crippen LogP contribution in [0.2, 0.25) is 0 Å². The highest BCUT2D eigenvalue weighted by atomic mass is 16.5. The number of aliphatic carboxylic acids is 1. The molecule has 1 N–H and O–H groups in total. The van der Waals surface area contributed by atoms with Gasteiger partial charge >= 0.3 is 5.97 Å². The summed E-state index contributed by atoms with van der Waals surface area (Å²) in [5.74, 6) is 2.19. The van der Waals surface area contributed by atoms with Gasteiger partial charge in [-0.15, -0.1) is 0 Å². The van der Waals surface area contributed by atoms with E-state index in [1.807, 2.05) is 24.3 Å². The monoisotopic (exact) mass is 444 g/mol. The van der Waals surface area contributed by atoms with E-state index in [4.69, 9.17) is 19.3 Å². The summed E-state index contributed by atoms with van der Waals surface area (Å²) in [7, 11) is 0. The van der Waals surface area contributed by atoms with E-state index in [1.165, 1.54) is 24.0 Å². The lowest BCUT2D eigenvalue weighted by Crippen LogP contribution is -2.07. The topological polar surface area (TPSA) is 65.0 Å². The zero-order valence-corrected chi connectivity index (χ0v) is 18.8. The van der Waals surface area contributed by atoms with E-state index in [9.17, 15) is 4.79 Å².